The van der Waals surface area contributed by atoms with Crippen LogP contribution in [0.2, 0.25) is 10.0 Å². The van der Waals surface area contributed by atoms with E-state index in [2.05, 4.69) is 30.9 Å². The summed E-state index contributed by atoms with van der Waals surface area (Å²) in [6.07, 6.45) is 13.1. The minimum Gasteiger partial charge on any atom is -0.444 e. The van der Waals surface area contributed by atoms with Crippen LogP contribution < -0.4 is 21.7 Å². The van der Waals surface area contributed by atoms with Crippen molar-refractivity contribution in [1.82, 2.24) is 33.2 Å². The molecule has 10 rings (SSSR count). The van der Waals surface area contributed by atoms with Gasteiger partial charge in [-0.2, -0.15) is 0 Å². The van der Waals surface area contributed by atoms with Gasteiger partial charge in [0.15, 0.2) is 0 Å². The smallest absolute Gasteiger partial charge is 0.407 e. The normalized spacial score (nSPS) is 17.7. The minimum atomic E-state index is -3.86. The number of fused-ring (bicyclic) bond motifs is 2. The Balaban J connectivity index is 0.000000241. The van der Waals surface area contributed by atoms with Crippen molar-refractivity contribution in [2.24, 2.45) is 5.73 Å². The van der Waals surface area contributed by atoms with E-state index in [4.69, 9.17) is 38.7 Å². The van der Waals surface area contributed by atoms with Crippen LogP contribution in [-0.2, 0) is 24.8 Å². The number of amides is 1. The summed E-state index contributed by atoms with van der Waals surface area (Å²) < 4.78 is 61.9. The van der Waals surface area contributed by atoms with Crippen molar-refractivity contribution in [1.29, 1.82) is 0 Å². The lowest BCUT2D eigenvalue weighted by Crippen LogP contribution is -2.44. The van der Waals surface area contributed by atoms with Gasteiger partial charge in [-0.05, 0) is 109 Å². The maximum Gasteiger partial charge on any atom is 0.407 e. The first-order chi connectivity index (χ1) is 34.9. The first-order valence-electron chi connectivity index (χ1n) is 24.1. The second kappa shape index (κ2) is 25.0. The first-order valence-corrected chi connectivity index (χ1v) is 27.7. The van der Waals surface area contributed by atoms with E-state index >= 15 is 0 Å². The van der Waals surface area contributed by atoms with Gasteiger partial charge in [0.2, 0.25) is 11.9 Å². The number of hydrogen-bond acceptors (Lipinski definition) is 13. The zero-order valence-corrected chi connectivity index (χ0v) is 46.0. The first kappa shape index (κ1) is 59.3. The van der Waals surface area contributed by atoms with Crippen molar-refractivity contribution in [3.05, 3.63) is 144 Å². The molecule has 0 spiro atoms. The third kappa shape index (κ3) is 13.4. The largest absolute Gasteiger partial charge is 0.444 e. The molecule has 8 aromatic rings. The number of hydrogen-bond donors (Lipinski definition) is 4. The molecule has 0 bridgehead atoms. The number of ether oxygens (including phenoxy) is 1. The molecule has 16 nitrogen and oxygen atoms in total. The second-order valence-corrected chi connectivity index (χ2v) is 23.7. The number of aromatic nitrogens is 6. The maximum atomic E-state index is 13.5. The van der Waals surface area contributed by atoms with Crippen LogP contribution in [0, 0.1) is 0 Å². The van der Waals surface area contributed by atoms with E-state index in [-0.39, 0.29) is 66.2 Å². The lowest BCUT2D eigenvalue weighted by atomic mass is 9.91. The van der Waals surface area contributed by atoms with Gasteiger partial charge < -0.3 is 26.4 Å². The summed E-state index contributed by atoms with van der Waals surface area (Å²) in [6.45, 7) is 5.51. The van der Waals surface area contributed by atoms with Crippen molar-refractivity contribution in [3.63, 3.8) is 0 Å². The summed E-state index contributed by atoms with van der Waals surface area (Å²) in [6, 6.07) is 31.6. The number of benzene rings is 4. The molecule has 0 saturated heterocycles. The molecule has 2 fully saturated rings. The van der Waals surface area contributed by atoms with Gasteiger partial charge in [0.1, 0.15) is 5.60 Å². The van der Waals surface area contributed by atoms with Crippen LogP contribution in [0.3, 0.4) is 0 Å². The third-order valence-corrected chi connectivity index (χ3v) is 16.7. The number of carbonyl (C=O) groups excluding carboxylic acids is 1. The molecule has 4 heterocycles. The number of halogens is 4. The van der Waals surface area contributed by atoms with Crippen LogP contribution in [0.25, 0.3) is 44.3 Å². The molecule has 2 aliphatic rings. The van der Waals surface area contributed by atoms with E-state index < -0.39 is 31.7 Å². The number of nitrogens with two attached hydrogens (primary N) is 1. The van der Waals surface area contributed by atoms with Crippen LogP contribution in [0.4, 0.5) is 16.7 Å². The van der Waals surface area contributed by atoms with Crippen molar-refractivity contribution in [3.8, 4) is 22.5 Å². The highest BCUT2D eigenvalue weighted by Gasteiger charge is 2.29. The molecule has 404 valence electrons. The summed E-state index contributed by atoms with van der Waals surface area (Å²) >= 11 is 13.1. The van der Waals surface area contributed by atoms with Crippen molar-refractivity contribution in [2.75, 3.05) is 10.6 Å². The van der Waals surface area contributed by atoms with Gasteiger partial charge in [-0.1, -0.05) is 103 Å². The predicted molar refractivity (Wildman–Crippen MR) is 308 cm³/mol. The molecule has 4 aromatic heterocycles. The molecule has 0 aliphatic heterocycles. The standard InChI is InChI=1S/C29H32ClN5O4S.C24H24ClN5O2S.CH4.2ClH/c1-29(2,3)39-28(36)33-20-11-9-10-19(16-20)32-27-31-17-24(30)26(34-27)23-18-35(25-15-8-7-14-22(23)25)40(37,38)21-12-5-4-6-13-21;25-21-14-27-24(28-17-8-6-7-16(26)13-17)29-23(21)20-15-30(22-12-5-4-11-19(20)22)33(31,32)18-9-2-1-3-10-18;;;/h4-8,12-15,17-20H,9-11,16H2,1-3H3,(H,33,36)(H,31,32,34);1-5,9-12,14-17H,6-8,13,26H2,(H,27,28,29);1H4;2*1H/t19-,20?;16?,17-;;;/m11.../s1. The fourth-order valence-corrected chi connectivity index (χ4v) is 12.6. The number of nitrogens with zero attached hydrogens (tertiary/aromatic N) is 6. The molecule has 22 heteroatoms. The van der Waals surface area contributed by atoms with Crippen LogP contribution in [-0.4, -0.2) is 80.6 Å². The third-order valence-electron chi connectivity index (χ3n) is 12.7. The molecule has 4 aromatic carbocycles. The maximum absolute atomic E-state index is 13.5. The fourth-order valence-electron chi connectivity index (χ4n) is 9.39. The molecule has 2 saturated carbocycles. The summed E-state index contributed by atoms with van der Waals surface area (Å²) in [5.41, 5.74) is 8.75. The highest BCUT2D eigenvalue weighted by molar-refractivity contribution is 7.90. The van der Waals surface area contributed by atoms with Gasteiger partial charge in [-0.15, -0.1) is 24.8 Å². The molecule has 2 aliphatic carbocycles. The molecular weight excluding hydrogens is 1090 g/mol. The second-order valence-electron chi connectivity index (χ2n) is 19.2. The Morgan fingerprint density at radius 2 is 1.03 bits per heavy atom. The number of nitrogens with one attached hydrogen (secondary N) is 3. The Morgan fingerprint density at radius 3 is 1.47 bits per heavy atom. The summed E-state index contributed by atoms with van der Waals surface area (Å²) in [4.78, 5) is 30.8. The molecule has 2 unspecified atom stereocenters. The topological polar surface area (TPSA) is 218 Å². The van der Waals surface area contributed by atoms with E-state index in [1.165, 1.54) is 14.1 Å². The Labute approximate surface area is 466 Å². The zero-order valence-electron chi connectivity index (χ0n) is 41.3. The number of anilines is 2. The minimum absolute atomic E-state index is 0. The Morgan fingerprint density at radius 1 is 0.618 bits per heavy atom. The average molecular weight is 1150 g/mol. The van der Waals surface area contributed by atoms with Gasteiger partial charge >= 0.3 is 6.09 Å². The van der Waals surface area contributed by atoms with Crippen molar-refractivity contribution >= 4 is 108 Å². The molecule has 4 atom stereocenters. The van der Waals surface area contributed by atoms with Crippen LogP contribution in [0.5, 0.6) is 0 Å². The number of carbonyl (C=O) groups is 1. The molecule has 76 heavy (non-hydrogen) atoms. The van der Waals surface area contributed by atoms with Crippen LogP contribution in [0.15, 0.2) is 144 Å². The van der Waals surface area contributed by atoms with Gasteiger partial charge in [0.25, 0.3) is 20.0 Å². The van der Waals surface area contributed by atoms with Gasteiger partial charge in [0.05, 0.1) is 54.7 Å². The monoisotopic (exact) mass is 1150 g/mol. The molecular formula is C54H62Cl4N10O6S2. The highest BCUT2D eigenvalue weighted by Crippen LogP contribution is 2.38. The van der Waals surface area contributed by atoms with Crippen LogP contribution in [0.1, 0.15) is 79.6 Å². The van der Waals surface area contributed by atoms with Gasteiger partial charge in [-0.3, -0.25) is 0 Å². The summed E-state index contributed by atoms with van der Waals surface area (Å²) in [5, 5.41) is 11.8. The lowest BCUT2D eigenvalue weighted by Gasteiger charge is -2.31. The van der Waals surface area contributed by atoms with Gasteiger partial charge in [-0.25, -0.2) is 49.5 Å². The van der Waals surface area contributed by atoms with E-state index in [0.29, 0.717) is 67.3 Å². The predicted octanol–water partition coefficient (Wildman–Crippen LogP) is 12.4. The average Bonchev–Trinajstić information content (AvgIpc) is 3.97. The van der Waals surface area contributed by atoms with Crippen molar-refractivity contribution < 1.29 is 26.4 Å². The van der Waals surface area contributed by atoms with E-state index in [1.807, 2.05) is 51.1 Å². The molecule has 1 amide bonds. The zero-order chi connectivity index (χ0) is 51.5. The number of para-hydroxylation sites is 2. The van der Waals surface area contributed by atoms with E-state index in [0.717, 1.165) is 50.3 Å². The molecule has 5 N–H and O–H groups in total. The summed E-state index contributed by atoms with van der Waals surface area (Å²) in [5.74, 6) is 0.835. The number of alkyl carbamates (subject to hydrolysis) is 1. The Kier molecular flexibility index (Phi) is 19.5. The Bertz CT molecular complexity index is 3510. The van der Waals surface area contributed by atoms with Gasteiger partial charge in [0, 0.05) is 58.5 Å². The highest BCUT2D eigenvalue weighted by atomic mass is 35.5. The SMILES string of the molecule is C.CC(C)(C)OC(=O)NC1CCC[C@@H](Nc2ncc(Cl)c(-c3cn(S(=O)(=O)c4ccccc4)c4ccccc34)n2)C1.Cl.Cl.NC1CCC[C@@H](Nc2ncc(Cl)c(-c3cn(S(=O)(=O)c4ccccc4)c4ccccc34)n2)C1. The molecule has 0 radical (unpaired) electrons. The quantitative estimate of drug-likeness (QED) is 0.0949. The fraction of sp³-hybridized carbons (Fsp3) is 0.315. The lowest BCUT2D eigenvalue weighted by molar-refractivity contribution is 0.0491. The van der Waals surface area contributed by atoms with Crippen LogP contribution >= 0.6 is 48.0 Å². The number of rotatable bonds is 11. The van der Waals surface area contributed by atoms with E-state index in [1.54, 1.807) is 97.5 Å². The van der Waals surface area contributed by atoms with E-state index in [9.17, 15) is 21.6 Å². The Hall–Kier alpha value is -5.99. The summed E-state index contributed by atoms with van der Waals surface area (Å²) in [7, 11) is -7.66. The van der Waals surface area contributed by atoms with Crippen molar-refractivity contribution in [2.45, 2.75) is 119 Å².